The zero-order valence-electron chi connectivity index (χ0n) is 13.6. The number of aromatic nitrogens is 3. The summed E-state index contributed by atoms with van der Waals surface area (Å²) < 4.78 is 1.61. The summed E-state index contributed by atoms with van der Waals surface area (Å²) in [5.41, 5.74) is 1.09. The third-order valence-electron chi connectivity index (χ3n) is 4.60. The van der Waals surface area contributed by atoms with Gasteiger partial charge in [0.25, 0.3) is 5.91 Å². The number of nitrogens with zero attached hydrogens (tertiary/aromatic N) is 5. The predicted molar refractivity (Wildman–Crippen MR) is 86.2 cm³/mol. The summed E-state index contributed by atoms with van der Waals surface area (Å²) in [7, 11) is 4.06. The van der Waals surface area contributed by atoms with Crippen LogP contribution in [0, 0.1) is 5.92 Å². The second kappa shape index (κ2) is 6.64. The van der Waals surface area contributed by atoms with Gasteiger partial charge in [-0.2, -0.15) is 5.10 Å². The number of carbonyl (C=O) groups excluding carboxylic acids is 1. The van der Waals surface area contributed by atoms with Gasteiger partial charge in [0.15, 0.2) is 5.65 Å². The van der Waals surface area contributed by atoms with E-state index in [4.69, 9.17) is 0 Å². The lowest BCUT2D eigenvalue weighted by Gasteiger charge is -2.28. The number of aliphatic hydroxyl groups excluding tert-OH is 1. The van der Waals surface area contributed by atoms with Gasteiger partial charge in [-0.1, -0.05) is 0 Å². The maximum atomic E-state index is 13.0. The summed E-state index contributed by atoms with van der Waals surface area (Å²) in [5.74, 6) is 0.0598. The molecule has 1 fully saturated rings. The first kappa shape index (κ1) is 15.9. The molecule has 7 nitrogen and oxygen atoms in total. The molecule has 3 rings (SSSR count). The Labute approximate surface area is 135 Å². The monoisotopic (exact) mass is 317 g/mol. The molecule has 7 heteroatoms. The van der Waals surface area contributed by atoms with Crippen LogP contribution in [0.1, 0.15) is 23.2 Å². The van der Waals surface area contributed by atoms with E-state index in [2.05, 4.69) is 15.0 Å². The fraction of sp³-hybridized carbons (Fsp3) is 0.562. The van der Waals surface area contributed by atoms with Gasteiger partial charge < -0.3 is 14.9 Å². The van der Waals surface area contributed by atoms with Gasteiger partial charge >= 0.3 is 0 Å². The van der Waals surface area contributed by atoms with Crippen molar-refractivity contribution < 1.29 is 9.90 Å². The van der Waals surface area contributed by atoms with Gasteiger partial charge in [0.2, 0.25) is 0 Å². The third-order valence-corrected chi connectivity index (χ3v) is 4.60. The van der Waals surface area contributed by atoms with Crippen LogP contribution in [0.3, 0.4) is 0 Å². The number of hydrogen-bond donors (Lipinski definition) is 1. The Bertz CT molecular complexity index is 684. The zero-order valence-corrected chi connectivity index (χ0v) is 13.6. The second-order valence-electron chi connectivity index (χ2n) is 6.40. The van der Waals surface area contributed by atoms with Crippen LogP contribution in [0.15, 0.2) is 24.7 Å². The highest BCUT2D eigenvalue weighted by Crippen LogP contribution is 2.21. The van der Waals surface area contributed by atoms with E-state index in [1.165, 1.54) is 0 Å². The lowest BCUT2D eigenvalue weighted by molar-refractivity contribution is 0.0691. The lowest BCUT2D eigenvalue weighted by Crippen LogP contribution is -2.42. The normalized spacial score (nSPS) is 22.5. The molecule has 0 aromatic carbocycles. The first-order chi connectivity index (χ1) is 11.1. The Morgan fingerprint density at radius 2 is 2.22 bits per heavy atom. The highest BCUT2D eigenvalue weighted by molar-refractivity contribution is 5.99. The van der Waals surface area contributed by atoms with E-state index >= 15 is 0 Å². The molecular formula is C16H23N5O2. The Hall–Kier alpha value is -1.99. The van der Waals surface area contributed by atoms with E-state index < -0.39 is 0 Å². The summed E-state index contributed by atoms with van der Waals surface area (Å²) in [6.45, 7) is 1.34. The molecule has 1 aliphatic heterocycles. The maximum Gasteiger partial charge on any atom is 0.259 e. The molecule has 2 atom stereocenters. The van der Waals surface area contributed by atoms with Crippen molar-refractivity contribution >= 4 is 11.6 Å². The van der Waals surface area contributed by atoms with Gasteiger partial charge in [0, 0.05) is 38.1 Å². The van der Waals surface area contributed by atoms with E-state index in [0.717, 1.165) is 12.8 Å². The van der Waals surface area contributed by atoms with E-state index in [9.17, 15) is 9.90 Å². The number of likely N-dealkylation sites (N-methyl/N-ethyl adjacent to an activating group) is 1. The van der Waals surface area contributed by atoms with Crippen LogP contribution in [0.4, 0.5) is 0 Å². The smallest absolute Gasteiger partial charge is 0.259 e. The van der Waals surface area contributed by atoms with Crippen LogP contribution in [0.25, 0.3) is 5.65 Å². The summed E-state index contributed by atoms with van der Waals surface area (Å²) in [6, 6.07) is 2.08. The first-order valence-electron chi connectivity index (χ1n) is 7.95. The van der Waals surface area contributed by atoms with Gasteiger partial charge in [-0.15, -0.1) is 0 Å². The van der Waals surface area contributed by atoms with Crippen LogP contribution < -0.4 is 0 Å². The van der Waals surface area contributed by atoms with Crippen molar-refractivity contribution in [1.29, 1.82) is 0 Å². The second-order valence-corrected chi connectivity index (χ2v) is 6.40. The number of hydrogen-bond acceptors (Lipinski definition) is 5. The number of fused-ring (bicyclic) bond motifs is 1. The van der Waals surface area contributed by atoms with Crippen molar-refractivity contribution in [3.63, 3.8) is 0 Å². The summed E-state index contributed by atoms with van der Waals surface area (Å²) in [6.07, 6.45) is 6.93. The van der Waals surface area contributed by atoms with Crippen molar-refractivity contribution in [2.75, 3.05) is 33.8 Å². The van der Waals surface area contributed by atoms with Crippen molar-refractivity contribution in [2.24, 2.45) is 5.92 Å². The topological polar surface area (TPSA) is 74.0 Å². The number of aliphatic hydroxyl groups is 1. The minimum atomic E-state index is -0.0640. The number of rotatable bonds is 3. The minimum absolute atomic E-state index is 0.0640. The quantitative estimate of drug-likeness (QED) is 0.892. The molecule has 1 N–H and O–H groups in total. The molecular weight excluding hydrogens is 294 g/mol. The van der Waals surface area contributed by atoms with Gasteiger partial charge in [0.1, 0.15) is 5.56 Å². The van der Waals surface area contributed by atoms with E-state index in [-0.39, 0.29) is 18.4 Å². The molecule has 1 aliphatic rings. The summed E-state index contributed by atoms with van der Waals surface area (Å²) in [5, 5.41) is 13.8. The molecule has 124 valence electrons. The van der Waals surface area contributed by atoms with Gasteiger partial charge in [-0.05, 0) is 38.9 Å². The molecule has 0 spiro atoms. The fourth-order valence-corrected chi connectivity index (χ4v) is 3.14. The van der Waals surface area contributed by atoms with Crippen LogP contribution in [-0.2, 0) is 0 Å². The van der Waals surface area contributed by atoms with Gasteiger partial charge in [0.05, 0.1) is 6.20 Å². The van der Waals surface area contributed by atoms with Crippen molar-refractivity contribution in [1.82, 2.24) is 24.4 Å². The Kier molecular flexibility index (Phi) is 4.58. The Morgan fingerprint density at radius 1 is 1.39 bits per heavy atom. The van der Waals surface area contributed by atoms with Gasteiger partial charge in [-0.25, -0.2) is 9.50 Å². The highest BCUT2D eigenvalue weighted by atomic mass is 16.3. The van der Waals surface area contributed by atoms with E-state index in [1.807, 2.05) is 19.0 Å². The fourth-order valence-electron chi connectivity index (χ4n) is 3.14. The van der Waals surface area contributed by atoms with Crippen LogP contribution in [0.2, 0.25) is 0 Å². The largest absolute Gasteiger partial charge is 0.396 e. The van der Waals surface area contributed by atoms with Crippen LogP contribution in [0.5, 0.6) is 0 Å². The van der Waals surface area contributed by atoms with Crippen molar-refractivity contribution in [3.8, 4) is 0 Å². The Balaban J connectivity index is 1.89. The van der Waals surface area contributed by atoms with E-state index in [0.29, 0.717) is 30.3 Å². The SMILES string of the molecule is CN(C)[C@@H]1CC[C@H](CO)CN(C(=O)c2cnn3cccnc23)C1. The molecule has 1 saturated heterocycles. The molecule has 3 heterocycles. The first-order valence-corrected chi connectivity index (χ1v) is 7.95. The molecule has 23 heavy (non-hydrogen) atoms. The maximum absolute atomic E-state index is 13.0. The minimum Gasteiger partial charge on any atom is -0.396 e. The number of carbonyl (C=O) groups is 1. The highest BCUT2D eigenvalue weighted by Gasteiger charge is 2.29. The average molecular weight is 317 g/mol. The number of amides is 1. The summed E-state index contributed by atoms with van der Waals surface area (Å²) in [4.78, 5) is 21.2. The molecule has 0 radical (unpaired) electrons. The van der Waals surface area contributed by atoms with Crippen molar-refractivity contribution in [2.45, 2.75) is 18.9 Å². The number of likely N-dealkylation sites (tertiary alicyclic amines) is 1. The van der Waals surface area contributed by atoms with Gasteiger partial charge in [-0.3, -0.25) is 4.79 Å². The van der Waals surface area contributed by atoms with Crippen LogP contribution >= 0.6 is 0 Å². The Morgan fingerprint density at radius 3 is 2.96 bits per heavy atom. The molecule has 0 unspecified atom stereocenters. The predicted octanol–water partition coefficient (Wildman–Crippen LogP) is 0.504. The van der Waals surface area contributed by atoms with Crippen LogP contribution in [-0.4, -0.2) is 75.2 Å². The molecule has 2 aromatic rings. The average Bonchev–Trinajstić information content (AvgIpc) is 2.85. The molecule has 0 saturated carbocycles. The molecule has 0 aliphatic carbocycles. The van der Waals surface area contributed by atoms with Crippen molar-refractivity contribution in [3.05, 3.63) is 30.2 Å². The lowest BCUT2D eigenvalue weighted by atomic mass is 10.0. The third kappa shape index (κ3) is 3.20. The molecule has 2 aromatic heterocycles. The molecule has 1 amide bonds. The van der Waals surface area contributed by atoms with E-state index in [1.54, 1.807) is 29.2 Å². The summed E-state index contributed by atoms with van der Waals surface area (Å²) >= 11 is 0. The standard InChI is InChI=1S/C16H23N5O2/c1-19(2)13-5-4-12(11-22)9-20(10-13)16(23)14-8-18-21-7-3-6-17-15(14)21/h3,6-8,12-13,22H,4-5,9-11H2,1-2H3/t12-,13+/m0/s1. The molecule has 0 bridgehead atoms. The zero-order chi connectivity index (χ0) is 16.4.